The highest BCUT2D eigenvalue weighted by Crippen LogP contribution is 2.52. The molecular formula is C42H46N2O8. The normalized spacial score (nSPS) is 16.0. The molecule has 2 N–H and O–H groups in total. The Morgan fingerprint density at radius 3 is 1.98 bits per heavy atom. The zero-order valence-corrected chi connectivity index (χ0v) is 30.4. The molecule has 5 rings (SSSR count). The van der Waals surface area contributed by atoms with Crippen molar-refractivity contribution >= 4 is 23.9 Å². The van der Waals surface area contributed by atoms with Gasteiger partial charge in [0, 0.05) is 24.1 Å². The monoisotopic (exact) mass is 706 g/mol. The summed E-state index contributed by atoms with van der Waals surface area (Å²) in [4.78, 5) is 40.6. The maximum Gasteiger partial charge on any atom is 0.328 e. The Labute approximate surface area is 305 Å². The third-order valence-electron chi connectivity index (χ3n) is 9.17. The predicted molar refractivity (Wildman–Crippen MR) is 199 cm³/mol. The lowest BCUT2D eigenvalue weighted by Gasteiger charge is -2.23. The van der Waals surface area contributed by atoms with Gasteiger partial charge in [-0.15, -0.1) is 0 Å². The van der Waals surface area contributed by atoms with E-state index in [-0.39, 0.29) is 24.3 Å². The lowest BCUT2D eigenvalue weighted by Crippen LogP contribution is -2.45. The molecule has 4 unspecified atom stereocenters. The summed E-state index contributed by atoms with van der Waals surface area (Å²) in [6.45, 7) is 4.15. The second-order valence-electron chi connectivity index (χ2n) is 12.9. The Morgan fingerprint density at radius 1 is 0.750 bits per heavy atom. The molecule has 0 aromatic heterocycles. The number of carbonyl (C=O) groups excluding carboxylic acids is 3. The van der Waals surface area contributed by atoms with Crippen LogP contribution < -0.4 is 29.6 Å². The van der Waals surface area contributed by atoms with Crippen molar-refractivity contribution in [1.29, 1.82) is 0 Å². The van der Waals surface area contributed by atoms with Crippen LogP contribution in [-0.2, 0) is 32.0 Å². The van der Waals surface area contributed by atoms with Crippen molar-refractivity contribution in [2.24, 2.45) is 5.92 Å². The number of methoxy groups -OCH3 is 4. The molecule has 0 spiro atoms. The van der Waals surface area contributed by atoms with Gasteiger partial charge in [0.15, 0.2) is 23.0 Å². The number of benzene rings is 4. The molecule has 0 bridgehead atoms. The van der Waals surface area contributed by atoms with Gasteiger partial charge in [0.05, 0.1) is 28.4 Å². The van der Waals surface area contributed by atoms with Gasteiger partial charge in [-0.05, 0) is 64.9 Å². The molecule has 0 aliphatic carbocycles. The number of nitrogens with one attached hydrogen (secondary N) is 2. The van der Waals surface area contributed by atoms with Crippen molar-refractivity contribution < 1.29 is 38.1 Å². The van der Waals surface area contributed by atoms with Crippen LogP contribution in [0.15, 0.2) is 97.1 Å². The van der Waals surface area contributed by atoms with Crippen LogP contribution >= 0.6 is 0 Å². The molecule has 0 saturated carbocycles. The molecule has 272 valence electrons. The molecule has 4 atom stereocenters. The number of hydrogen-bond donors (Lipinski definition) is 2. The van der Waals surface area contributed by atoms with Crippen LogP contribution in [0, 0.1) is 5.92 Å². The topological polar surface area (TPSA) is 121 Å². The number of ether oxygens (including phenoxy) is 5. The van der Waals surface area contributed by atoms with Crippen molar-refractivity contribution in [2.75, 3.05) is 28.4 Å². The lowest BCUT2D eigenvalue weighted by atomic mass is 9.88. The van der Waals surface area contributed by atoms with Gasteiger partial charge in [0.1, 0.15) is 18.1 Å². The van der Waals surface area contributed by atoms with E-state index in [1.165, 1.54) is 27.4 Å². The summed E-state index contributed by atoms with van der Waals surface area (Å²) in [5, 5.41) is 6.07. The molecule has 1 aliphatic heterocycles. The number of rotatable bonds is 15. The number of carbonyl (C=O) groups is 3. The summed E-state index contributed by atoms with van der Waals surface area (Å²) in [6, 6.07) is 27.3. The van der Waals surface area contributed by atoms with Gasteiger partial charge in [0.25, 0.3) is 0 Å². The van der Waals surface area contributed by atoms with Gasteiger partial charge in [0.2, 0.25) is 11.8 Å². The molecule has 1 aliphatic rings. The van der Waals surface area contributed by atoms with Gasteiger partial charge in [-0.2, -0.15) is 0 Å². The number of amides is 2. The maximum absolute atomic E-state index is 14.4. The van der Waals surface area contributed by atoms with E-state index in [1.807, 2.05) is 60.7 Å². The molecule has 10 heteroatoms. The largest absolute Gasteiger partial charge is 0.493 e. The second kappa shape index (κ2) is 17.4. The number of fused-ring (bicyclic) bond motifs is 1. The zero-order chi connectivity index (χ0) is 37.2. The third kappa shape index (κ3) is 8.93. The van der Waals surface area contributed by atoms with Crippen LogP contribution in [0.2, 0.25) is 0 Å². The van der Waals surface area contributed by atoms with E-state index in [1.54, 1.807) is 43.5 Å². The Kier molecular flexibility index (Phi) is 12.6. The summed E-state index contributed by atoms with van der Waals surface area (Å²) >= 11 is 0. The van der Waals surface area contributed by atoms with Gasteiger partial charge >= 0.3 is 5.97 Å². The molecule has 52 heavy (non-hydrogen) atoms. The first-order chi connectivity index (χ1) is 25.1. The minimum atomic E-state index is -0.964. The van der Waals surface area contributed by atoms with E-state index < -0.39 is 29.9 Å². The Balaban J connectivity index is 1.49. The van der Waals surface area contributed by atoms with Crippen molar-refractivity contribution in [3.8, 4) is 23.0 Å². The first-order valence-corrected chi connectivity index (χ1v) is 17.2. The van der Waals surface area contributed by atoms with Crippen molar-refractivity contribution in [1.82, 2.24) is 10.6 Å². The standard InChI is InChI=1S/C42H46N2O8/c1-26(2)32(22-27-13-9-7-10-14-27)43-37(45)20-17-29-21-31-38(41(46)44-33(42(47)51-6)23-28-15-11-8-12-16-28)39(52-40(31)36(24-29)50-5)30-18-19-34(48-3)35(25-30)49-4/h7-21,24-26,32-33,38-39H,22-23H2,1-6H3,(H,43,45)(H,44,46)/b20-17+. The van der Waals surface area contributed by atoms with Gasteiger partial charge in [-0.3, -0.25) is 9.59 Å². The van der Waals surface area contributed by atoms with Crippen molar-refractivity contribution in [3.05, 3.63) is 125 Å². The van der Waals surface area contributed by atoms with Crippen LogP contribution in [0.1, 0.15) is 53.7 Å². The number of hydrogen-bond acceptors (Lipinski definition) is 8. The summed E-state index contributed by atoms with van der Waals surface area (Å²) in [5.74, 6) is -0.253. The highest BCUT2D eigenvalue weighted by Gasteiger charge is 2.44. The van der Waals surface area contributed by atoms with Crippen LogP contribution in [0.5, 0.6) is 23.0 Å². The van der Waals surface area contributed by atoms with Crippen LogP contribution in [0.25, 0.3) is 6.08 Å². The minimum absolute atomic E-state index is 0.0727. The fourth-order valence-corrected chi connectivity index (χ4v) is 6.35. The molecule has 4 aromatic carbocycles. The summed E-state index contributed by atoms with van der Waals surface area (Å²) in [5.41, 5.74) is 3.79. The molecule has 1 heterocycles. The lowest BCUT2D eigenvalue weighted by molar-refractivity contribution is -0.145. The van der Waals surface area contributed by atoms with E-state index in [2.05, 4.69) is 24.5 Å². The van der Waals surface area contributed by atoms with Crippen molar-refractivity contribution in [2.45, 2.75) is 50.8 Å². The Bertz CT molecular complexity index is 1880. The molecule has 0 saturated heterocycles. The van der Waals surface area contributed by atoms with E-state index in [0.29, 0.717) is 46.1 Å². The maximum atomic E-state index is 14.4. The average Bonchev–Trinajstić information content (AvgIpc) is 3.56. The van der Waals surface area contributed by atoms with Crippen LogP contribution in [-0.4, -0.2) is 58.3 Å². The SMILES string of the molecule is COC(=O)C(Cc1ccccc1)NC(=O)C1c2cc(/C=C/C(=O)NC(Cc3ccccc3)C(C)C)cc(OC)c2OC1c1ccc(OC)c(OC)c1. The molecular weight excluding hydrogens is 660 g/mol. The first-order valence-electron chi connectivity index (χ1n) is 17.2. The van der Waals surface area contributed by atoms with E-state index in [4.69, 9.17) is 23.7 Å². The molecule has 4 aromatic rings. The quantitative estimate of drug-likeness (QED) is 0.110. The minimum Gasteiger partial charge on any atom is -0.493 e. The molecule has 0 radical (unpaired) electrons. The molecule has 0 fully saturated rings. The van der Waals surface area contributed by atoms with E-state index >= 15 is 0 Å². The van der Waals surface area contributed by atoms with E-state index in [9.17, 15) is 14.4 Å². The summed E-state index contributed by atoms with van der Waals surface area (Å²) < 4.78 is 28.4. The smallest absolute Gasteiger partial charge is 0.328 e. The van der Waals surface area contributed by atoms with Gasteiger partial charge in [-0.25, -0.2) is 4.79 Å². The zero-order valence-electron chi connectivity index (χ0n) is 30.4. The summed E-state index contributed by atoms with van der Waals surface area (Å²) in [6.07, 6.45) is 3.26. The third-order valence-corrected chi connectivity index (χ3v) is 9.17. The fraction of sp³-hybridized carbons (Fsp3) is 0.310. The van der Waals surface area contributed by atoms with Gasteiger partial charge in [-0.1, -0.05) is 80.6 Å². The van der Waals surface area contributed by atoms with Gasteiger partial charge < -0.3 is 34.3 Å². The highest BCUT2D eigenvalue weighted by atomic mass is 16.5. The first kappa shape index (κ1) is 37.5. The van der Waals surface area contributed by atoms with Crippen LogP contribution in [0.4, 0.5) is 0 Å². The predicted octanol–water partition coefficient (Wildman–Crippen LogP) is 6.23. The Morgan fingerprint density at radius 2 is 1.38 bits per heavy atom. The fourth-order valence-electron chi connectivity index (χ4n) is 6.35. The second-order valence-corrected chi connectivity index (χ2v) is 12.9. The molecule has 10 nitrogen and oxygen atoms in total. The van der Waals surface area contributed by atoms with E-state index in [0.717, 1.165) is 11.1 Å². The number of esters is 1. The van der Waals surface area contributed by atoms with Crippen molar-refractivity contribution in [3.63, 3.8) is 0 Å². The summed E-state index contributed by atoms with van der Waals surface area (Å²) in [7, 11) is 5.88. The highest BCUT2D eigenvalue weighted by molar-refractivity contribution is 5.93. The molecule has 2 amide bonds. The van der Waals surface area contributed by atoms with Crippen LogP contribution in [0.3, 0.4) is 0 Å². The average molecular weight is 707 g/mol. The Hall–Kier alpha value is -5.77.